The van der Waals surface area contributed by atoms with E-state index in [1.807, 2.05) is 62.6 Å². The molecule has 164 valence electrons. The zero-order valence-electron chi connectivity index (χ0n) is 18.2. The molecule has 0 aliphatic rings. The van der Waals surface area contributed by atoms with Gasteiger partial charge in [0.05, 0.1) is 28.9 Å². The quantitative estimate of drug-likeness (QED) is 0.399. The van der Waals surface area contributed by atoms with Crippen molar-refractivity contribution in [1.29, 1.82) is 0 Å². The summed E-state index contributed by atoms with van der Waals surface area (Å²) in [7, 11) is 1.82. The minimum absolute atomic E-state index is 0.265. The molecule has 0 aliphatic heterocycles. The molecule has 0 fully saturated rings. The van der Waals surface area contributed by atoms with E-state index in [2.05, 4.69) is 15.5 Å². The normalized spacial score (nSPS) is 11.1. The number of benzene rings is 2. The lowest BCUT2D eigenvalue weighted by atomic mass is 10.0. The first-order chi connectivity index (χ1) is 16.0. The van der Waals surface area contributed by atoms with E-state index in [9.17, 15) is 4.79 Å². The number of aromatic nitrogens is 5. The number of carbonyl (C=O) groups excluding carboxylic acids is 1. The van der Waals surface area contributed by atoms with Crippen LogP contribution in [-0.2, 0) is 13.6 Å². The summed E-state index contributed by atoms with van der Waals surface area (Å²) in [6, 6.07) is 21.0. The van der Waals surface area contributed by atoms with Gasteiger partial charge in [0.25, 0.3) is 5.91 Å². The monoisotopic (exact) mass is 456 g/mol. The number of nitrogens with one attached hydrogen (secondary N) is 1. The van der Waals surface area contributed by atoms with Gasteiger partial charge in [-0.05, 0) is 30.7 Å². The van der Waals surface area contributed by atoms with Crippen LogP contribution in [0.5, 0.6) is 0 Å². The molecule has 0 atom stereocenters. The molecule has 0 unspecified atom stereocenters. The lowest BCUT2D eigenvalue weighted by molar-refractivity contribution is 0.102. The van der Waals surface area contributed by atoms with Crippen molar-refractivity contribution in [2.45, 2.75) is 13.5 Å². The predicted octanol–water partition coefficient (Wildman–Crippen LogP) is 5.09. The van der Waals surface area contributed by atoms with E-state index in [-0.39, 0.29) is 5.91 Å². The SMILES string of the molecule is Cc1nn(C)c2nc(-c3ccc(Cl)cc3)cc(C(=O)Nc3ccn(Cc4ccccc4)n3)c12. The van der Waals surface area contributed by atoms with Gasteiger partial charge in [-0.2, -0.15) is 10.2 Å². The molecule has 0 saturated heterocycles. The van der Waals surface area contributed by atoms with Crippen molar-refractivity contribution in [3.63, 3.8) is 0 Å². The van der Waals surface area contributed by atoms with Crippen LogP contribution in [0, 0.1) is 6.92 Å². The van der Waals surface area contributed by atoms with Gasteiger partial charge < -0.3 is 5.32 Å². The van der Waals surface area contributed by atoms with Crippen LogP contribution in [0.15, 0.2) is 72.9 Å². The highest BCUT2D eigenvalue weighted by molar-refractivity contribution is 6.30. The van der Waals surface area contributed by atoms with Crippen molar-refractivity contribution in [3.05, 3.63) is 94.8 Å². The molecule has 7 nitrogen and oxygen atoms in total. The Balaban J connectivity index is 1.48. The average Bonchev–Trinajstić information content (AvgIpc) is 3.37. The van der Waals surface area contributed by atoms with Crippen molar-refractivity contribution in [3.8, 4) is 11.3 Å². The Labute approximate surface area is 195 Å². The Morgan fingerprint density at radius 3 is 2.55 bits per heavy atom. The van der Waals surface area contributed by atoms with Crippen LogP contribution in [0.3, 0.4) is 0 Å². The number of fused-ring (bicyclic) bond motifs is 1. The molecule has 1 N–H and O–H groups in total. The van der Waals surface area contributed by atoms with Gasteiger partial charge in [0.2, 0.25) is 0 Å². The van der Waals surface area contributed by atoms with E-state index >= 15 is 0 Å². The number of hydrogen-bond donors (Lipinski definition) is 1. The van der Waals surface area contributed by atoms with Gasteiger partial charge in [-0.1, -0.05) is 54.1 Å². The zero-order chi connectivity index (χ0) is 22.9. The van der Waals surface area contributed by atoms with E-state index in [1.165, 1.54) is 0 Å². The number of hydrogen-bond acceptors (Lipinski definition) is 4. The molecule has 3 heterocycles. The molecule has 33 heavy (non-hydrogen) atoms. The second-order valence-corrected chi connectivity index (χ2v) is 8.24. The molecule has 5 aromatic rings. The molecule has 0 spiro atoms. The number of amides is 1. The second kappa shape index (κ2) is 8.52. The number of carbonyl (C=O) groups is 1. The summed E-state index contributed by atoms with van der Waals surface area (Å²) >= 11 is 6.04. The number of rotatable bonds is 5. The van der Waals surface area contributed by atoms with Gasteiger partial charge >= 0.3 is 0 Å². The first-order valence-electron chi connectivity index (χ1n) is 10.5. The van der Waals surface area contributed by atoms with E-state index in [0.717, 1.165) is 22.2 Å². The molecular weight excluding hydrogens is 436 g/mol. The van der Waals surface area contributed by atoms with Crippen LogP contribution < -0.4 is 5.32 Å². The molecule has 0 radical (unpaired) electrons. The summed E-state index contributed by atoms with van der Waals surface area (Å²) in [6.07, 6.45) is 1.85. The van der Waals surface area contributed by atoms with Crippen molar-refractivity contribution in [2.75, 3.05) is 5.32 Å². The van der Waals surface area contributed by atoms with Crippen LogP contribution in [0.4, 0.5) is 5.82 Å². The largest absolute Gasteiger partial charge is 0.305 e. The Bertz CT molecular complexity index is 1450. The number of pyridine rings is 1. The highest BCUT2D eigenvalue weighted by Crippen LogP contribution is 2.28. The first kappa shape index (κ1) is 20.9. The number of anilines is 1. The Kier molecular flexibility index (Phi) is 5.40. The van der Waals surface area contributed by atoms with Crippen molar-refractivity contribution in [2.24, 2.45) is 7.05 Å². The standard InChI is InChI=1S/C25H21ClN6O/c1-16-23-20(14-21(27-24(23)31(2)29-16)18-8-10-19(26)11-9-18)25(33)28-22-12-13-32(30-22)15-17-6-4-3-5-7-17/h3-14H,15H2,1-2H3,(H,28,30,33). The molecule has 0 bridgehead atoms. The lowest BCUT2D eigenvalue weighted by Gasteiger charge is -2.09. The minimum atomic E-state index is -0.265. The molecular formula is C25H21ClN6O. The van der Waals surface area contributed by atoms with E-state index in [4.69, 9.17) is 16.6 Å². The molecule has 1 amide bonds. The maximum absolute atomic E-state index is 13.3. The van der Waals surface area contributed by atoms with Crippen LogP contribution in [0.1, 0.15) is 21.6 Å². The van der Waals surface area contributed by atoms with Gasteiger partial charge in [-0.3, -0.25) is 14.2 Å². The van der Waals surface area contributed by atoms with Gasteiger partial charge in [0.15, 0.2) is 11.5 Å². The molecule has 8 heteroatoms. The average molecular weight is 457 g/mol. The summed E-state index contributed by atoms with van der Waals surface area (Å²) in [5.74, 6) is 0.217. The number of halogens is 1. The first-order valence-corrected chi connectivity index (χ1v) is 10.8. The predicted molar refractivity (Wildman–Crippen MR) is 129 cm³/mol. The number of aryl methyl sites for hydroxylation is 2. The maximum atomic E-state index is 13.3. The van der Waals surface area contributed by atoms with Crippen LogP contribution in [0.2, 0.25) is 5.02 Å². The van der Waals surface area contributed by atoms with Gasteiger partial charge in [0.1, 0.15) is 0 Å². The molecule has 3 aromatic heterocycles. The van der Waals surface area contributed by atoms with Crippen molar-refractivity contribution < 1.29 is 4.79 Å². The highest BCUT2D eigenvalue weighted by Gasteiger charge is 2.20. The highest BCUT2D eigenvalue weighted by atomic mass is 35.5. The third-order valence-electron chi connectivity index (χ3n) is 5.42. The van der Waals surface area contributed by atoms with Gasteiger partial charge in [0, 0.05) is 29.9 Å². The third-order valence-corrected chi connectivity index (χ3v) is 5.67. The summed E-state index contributed by atoms with van der Waals surface area (Å²) in [5, 5.41) is 13.3. The van der Waals surface area contributed by atoms with Gasteiger partial charge in [-0.15, -0.1) is 0 Å². The Morgan fingerprint density at radius 1 is 1.03 bits per heavy atom. The van der Waals surface area contributed by atoms with Crippen LogP contribution in [0.25, 0.3) is 22.3 Å². The molecule has 5 rings (SSSR count). The van der Waals surface area contributed by atoms with E-state index in [1.54, 1.807) is 33.6 Å². The second-order valence-electron chi connectivity index (χ2n) is 7.81. The summed E-state index contributed by atoms with van der Waals surface area (Å²) in [6.45, 7) is 2.50. The van der Waals surface area contributed by atoms with Crippen molar-refractivity contribution >= 4 is 34.4 Å². The van der Waals surface area contributed by atoms with E-state index < -0.39 is 0 Å². The fourth-order valence-electron chi connectivity index (χ4n) is 3.86. The molecule has 0 saturated carbocycles. The van der Waals surface area contributed by atoms with Crippen LogP contribution >= 0.6 is 11.6 Å². The molecule has 2 aromatic carbocycles. The lowest BCUT2D eigenvalue weighted by Crippen LogP contribution is -2.14. The fourth-order valence-corrected chi connectivity index (χ4v) is 3.99. The summed E-state index contributed by atoms with van der Waals surface area (Å²) < 4.78 is 3.48. The zero-order valence-corrected chi connectivity index (χ0v) is 18.9. The maximum Gasteiger partial charge on any atom is 0.257 e. The Hall–Kier alpha value is -3.97. The molecule has 0 aliphatic carbocycles. The minimum Gasteiger partial charge on any atom is -0.305 e. The van der Waals surface area contributed by atoms with Gasteiger partial charge in [-0.25, -0.2) is 4.98 Å². The topological polar surface area (TPSA) is 77.6 Å². The third kappa shape index (κ3) is 4.23. The van der Waals surface area contributed by atoms with E-state index in [0.29, 0.717) is 34.3 Å². The number of nitrogens with zero attached hydrogens (tertiary/aromatic N) is 5. The summed E-state index contributed by atoms with van der Waals surface area (Å²) in [4.78, 5) is 18.1. The van der Waals surface area contributed by atoms with Crippen molar-refractivity contribution in [1.82, 2.24) is 24.5 Å². The summed E-state index contributed by atoms with van der Waals surface area (Å²) in [5.41, 5.74) is 4.53. The smallest absolute Gasteiger partial charge is 0.257 e. The Morgan fingerprint density at radius 2 is 1.79 bits per heavy atom. The van der Waals surface area contributed by atoms with Crippen LogP contribution in [-0.4, -0.2) is 30.5 Å². The fraction of sp³-hybridized carbons (Fsp3) is 0.120.